The summed E-state index contributed by atoms with van der Waals surface area (Å²) in [5.41, 5.74) is 3.61. The molecule has 0 aliphatic rings. The largest absolute Gasteiger partial charge is 0.494 e. The molecule has 0 saturated carbocycles. The van der Waals surface area contributed by atoms with Crippen LogP contribution in [0.4, 0.5) is 5.13 Å². The van der Waals surface area contributed by atoms with E-state index in [0.717, 1.165) is 73.7 Å². The summed E-state index contributed by atoms with van der Waals surface area (Å²) < 4.78 is 43.3. The number of rotatable bonds is 25. The Hall–Kier alpha value is -7.86. The molecule has 0 atom stereocenters. The molecule has 1 N–H and O–H groups in total. The van der Waals surface area contributed by atoms with Crippen molar-refractivity contribution in [1.82, 2.24) is 4.98 Å². The standard InChI is InChI=1S/C48H47N3O14S/c1-3-42(52)60-29-13-7-5-11-27-58-34-17-21-36(22-18-34)62-44(54)45(55)64-38-25-26-40(33(31-38)32-49-51-48-50-39-15-9-10-16-41(39)66-48)65-47(57)46(56)63-37-23-19-35(20-24-37)59-28-12-6-8-14-30-61-43(53)4-2/h3-4,9-10,15-26,31-32H,1-2,5-8,11-14,27-30H2,(H,50,51)/b49-32+. The molecular weight excluding hydrogens is 875 g/mol. The highest BCUT2D eigenvalue weighted by atomic mass is 32.1. The van der Waals surface area contributed by atoms with Gasteiger partial charge in [-0.25, -0.2) is 33.8 Å². The zero-order valence-electron chi connectivity index (χ0n) is 35.8. The number of unbranched alkanes of at least 4 members (excludes halogenated alkanes) is 6. The molecule has 4 aromatic carbocycles. The maximum atomic E-state index is 12.9. The molecule has 0 saturated heterocycles. The van der Waals surface area contributed by atoms with Gasteiger partial charge in [-0.1, -0.05) is 36.6 Å². The third-order valence-corrected chi connectivity index (χ3v) is 9.83. The summed E-state index contributed by atoms with van der Waals surface area (Å²) >= 11 is 1.34. The lowest BCUT2D eigenvalue weighted by Gasteiger charge is -2.10. The maximum absolute atomic E-state index is 12.9. The highest BCUT2D eigenvalue weighted by molar-refractivity contribution is 7.22. The molecule has 5 rings (SSSR count). The minimum atomic E-state index is -1.37. The van der Waals surface area contributed by atoms with Gasteiger partial charge in [0.2, 0.25) is 5.13 Å². The Morgan fingerprint density at radius 1 is 0.545 bits per heavy atom. The van der Waals surface area contributed by atoms with E-state index in [1.54, 1.807) is 24.3 Å². The van der Waals surface area contributed by atoms with Gasteiger partial charge in [-0.3, -0.25) is 5.43 Å². The monoisotopic (exact) mass is 921 g/mol. The predicted octanol–water partition coefficient (Wildman–Crippen LogP) is 8.10. The summed E-state index contributed by atoms with van der Waals surface area (Å²) in [6.45, 7) is 8.27. The number of fused-ring (bicyclic) bond motifs is 1. The lowest BCUT2D eigenvalue weighted by molar-refractivity contribution is -0.156. The summed E-state index contributed by atoms with van der Waals surface area (Å²) in [6, 6.07) is 23.4. The average Bonchev–Trinajstić information content (AvgIpc) is 3.75. The molecule has 344 valence electrons. The second-order valence-corrected chi connectivity index (χ2v) is 14.9. The van der Waals surface area contributed by atoms with Crippen molar-refractivity contribution >= 4 is 68.7 Å². The molecule has 0 bridgehead atoms. The van der Waals surface area contributed by atoms with Crippen LogP contribution in [0.25, 0.3) is 10.2 Å². The van der Waals surface area contributed by atoms with Crippen LogP contribution in [0.5, 0.6) is 34.5 Å². The Kier molecular flexibility index (Phi) is 19.9. The molecular formula is C48H47N3O14S. The van der Waals surface area contributed by atoms with E-state index in [1.807, 2.05) is 24.3 Å². The van der Waals surface area contributed by atoms with E-state index >= 15 is 0 Å². The number of para-hydroxylation sites is 1. The first-order valence-electron chi connectivity index (χ1n) is 20.8. The van der Waals surface area contributed by atoms with Gasteiger partial charge in [0.15, 0.2) is 0 Å². The van der Waals surface area contributed by atoms with Gasteiger partial charge in [0, 0.05) is 17.7 Å². The molecule has 0 spiro atoms. The third-order valence-electron chi connectivity index (χ3n) is 8.89. The van der Waals surface area contributed by atoms with E-state index in [-0.39, 0.29) is 28.6 Å². The van der Waals surface area contributed by atoms with Crippen LogP contribution in [0, 0.1) is 0 Å². The molecule has 17 nitrogen and oxygen atoms in total. The molecule has 1 heterocycles. The van der Waals surface area contributed by atoms with Crippen molar-refractivity contribution in [2.75, 3.05) is 31.9 Å². The second kappa shape index (κ2) is 26.7. The lowest BCUT2D eigenvalue weighted by atomic mass is 10.2. The molecule has 0 fully saturated rings. The van der Waals surface area contributed by atoms with Crippen molar-refractivity contribution in [1.29, 1.82) is 0 Å². The normalized spacial score (nSPS) is 10.7. The smallest absolute Gasteiger partial charge is 0.423 e. The number of aromatic nitrogens is 1. The third kappa shape index (κ3) is 17.0. The van der Waals surface area contributed by atoms with Gasteiger partial charge in [-0.15, -0.1) is 0 Å². The number of esters is 6. The number of carbonyl (C=O) groups excluding carboxylic acids is 6. The van der Waals surface area contributed by atoms with Crippen LogP contribution in [0.2, 0.25) is 0 Å². The van der Waals surface area contributed by atoms with Gasteiger partial charge >= 0.3 is 35.8 Å². The van der Waals surface area contributed by atoms with Gasteiger partial charge in [0.1, 0.15) is 34.5 Å². The first-order valence-corrected chi connectivity index (χ1v) is 21.6. The van der Waals surface area contributed by atoms with E-state index in [0.29, 0.717) is 43.1 Å². The molecule has 0 radical (unpaired) electrons. The van der Waals surface area contributed by atoms with Crippen LogP contribution in [0.15, 0.2) is 121 Å². The summed E-state index contributed by atoms with van der Waals surface area (Å²) in [5.74, 6) is -5.37. The molecule has 0 unspecified atom stereocenters. The van der Waals surface area contributed by atoms with Crippen molar-refractivity contribution in [2.24, 2.45) is 5.10 Å². The molecule has 18 heteroatoms. The summed E-state index contributed by atoms with van der Waals surface area (Å²) in [6.07, 6.45) is 9.98. The Morgan fingerprint density at radius 3 is 1.52 bits per heavy atom. The molecule has 66 heavy (non-hydrogen) atoms. The minimum absolute atomic E-state index is 0.0592. The Balaban J connectivity index is 1.12. The zero-order chi connectivity index (χ0) is 46.9. The maximum Gasteiger partial charge on any atom is 0.423 e. The summed E-state index contributed by atoms with van der Waals surface area (Å²) in [5, 5.41) is 4.64. The Labute approximate surface area is 383 Å². The molecule has 1 aromatic heterocycles. The topological polar surface area (TPSA) is 214 Å². The SMILES string of the molecule is C=CC(=O)OCCCCCCOc1ccc(OC(=O)C(=O)Oc2ccc(OC(=O)C(=O)Oc3ccc(OCCCCCCOC(=O)C=C)cc3)c(/C=N/Nc3nc4ccccc4s3)c2)cc1. The number of thiazole rings is 1. The first-order chi connectivity index (χ1) is 32.1. The quantitative estimate of drug-likeness (QED) is 0.0111. The summed E-state index contributed by atoms with van der Waals surface area (Å²) in [7, 11) is 0. The van der Waals surface area contributed by atoms with Gasteiger partial charge in [-0.05, 0) is 130 Å². The van der Waals surface area contributed by atoms with Crippen LogP contribution in [0.1, 0.15) is 56.9 Å². The first kappa shape index (κ1) is 49.2. The number of benzene rings is 4. The Morgan fingerprint density at radius 2 is 1.00 bits per heavy atom. The van der Waals surface area contributed by atoms with Crippen LogP contribution < -0.4 is 33.8 Å². The highest BCUT2D eigenvalue weighted by Crippen LogP contribution is 2.27. The van der Waals surface area contributed by atoms with Crippen molar-refractivity contribution in [2.45, 2.75) is 51.4 Å². The zero-order valence-corrected chi connectivity index (χ0v) is 36.6. The van der Waals surface area contributed by atoms with E-state index in [9.17, 15) is 28.8 Å². The molecule has 0 amide bonds. The number of anilines is 1. The van der Waals surface area contributed by atoms with Crippen molar-refractivity contribution in [3.8, 4) is 34.5 Å². The number of ether oxygens (including phenoxy) is 8. The number of nitrogens with zero attached hydrogens (tertiary/aromatic N) is 2. The number of hydrazone groups is 1. The lowest BCUT2D eigenvalue weighted by Crippen LogP contribution is -2.26. The highest BCUT2D eigenvalue weighted by Gasteiger charge is 2.23. The van der Waals surface area contributed by atoms with E-state index in [2.05, 4.69) is 28.7 Å². The predicted molar refractivity (Wildman–Crippen MR) is 243 cm³/mol. The molecule has 0 aliphatic heterocycles. The number of hydrogen-bond acceptors (Lipinski definition) is 18. The average molecular weight is 922 g/mol. The fraction of sp³-hybridized carbons (Fsp3) is 0.250. The van der Waals surface area contributed by atoms with Crippen molar-refractivity contribution in [3.05, 3.63) is 122 Å². The van der Waals surface area contributed by atoms with Gasteiger partial charge in [0.25, 0.3) is 0 Å². The van der Waals surface area contributed by atoms with Crippen molar-refractivity contribution in [3.63, 3.8) is 0 Å². The fourth-order valence-electron chi connectivity index (χ4n) is 5.62. The minimum Gasteiger partial charge on any atom is -0.494 e. The van der Waals surface area contributed by atoms with Crippen LogP contribution in [-0.4, -0.2) is 73.4 Å². The van der Waals surface area contributed by atoms with Gasteiger partial charge < -0.3 is 37.9 Å². The van der Waals surface area contributed by atoms with E-state index in [1.165, 1.54) is 60.0 Å². The Bertz CT molecular complexity index is 2450. The summed E-state index contributed by atoms with van der Waals surface area (Å²) in [4.78, 5) is 77.9. The number of carbonyl (C=O) groups is 6. The number of hydrogen-bond donors (Lipinski definition) is 1. The van der Waals surface area contributed by atoms with Crippen LogP contribution >= 0.6 is 11.3 Å². The molecule has 5 aromatic rings. The van der Waals surface area contributed by atoms with Crippen LogP contribution in [-0.2, 0) is 38.2 Å². The van der Waals surface area contributed by atoms with Crippen molar-refractivity contribution < 1.29 is 66.7 Å². The molecule has 0 aliphatic carbocycles. The second-order valence-electron chi connectivity index (χ2n) is 13.8. The van der Waals surface area contributed by atoms with E-state index in [4.69, 9.17) is 37.9 Å². The van der Waals surface area contributed by atoms with Gasteiger partial charge in [-0.2, -0.15) is 5.10 Å². The van der Waals surface area contributed by atoms with E-state index < -0.39 is 35.8 Å². The van der Waals surface area contributed by atoms with Gasteiger partial charge in [0.05, 0.1) is 42.9 Å². The fourth-order valence-corrected chi connectivity index (χ4v) is 6.43. The van der Waals surface area contributed by atoms with Crippen LogP contribution in [0.3, 0.4) is 0 Å². The number of nitrogens with one attached hydrogen (secondary N) is 1.